The molecule has 2 aromatic rings. The third kappa shape index (κ3) is 4.26. The van der Waals surface area contributed by atoms with E-state index in [0.717, 1.165) is 6.07 Å². The Morgan fingerprint density at radius 2 is 1.48 bits per heavy atom. The third-order valence-electron chi connectivity index (χ3n) is 3.00. The molecule has 2 amide bonds. The lowest BCUT2D eigenvalue weighted by Crippen LogP contribution is -2.35. The zero-order valence-electron chi connectivity index (χ0n) is 11.9. The second-order valence-corrected chi connectivity index (χ2v) is 5.00. The molecule has 7 heteroatoms. The highest BCUT2D eigenvalue weighted by Crippen LogP contribution is 2.18. The fourth-order valence-corrected chi connectivity index (χ4v) is 2.14. The van der Waals surface area contributed by atoms with Crippen molar-refractivity contribution in [1.82, 2.24) is 10.6 Å². The Bertz CT molecular complexity index is 718. The van der Waals surface area contributed by atoms with E-state index in [1.54, 1.807) is 6.07 Å². The standard InChI is InChI=1S/C16H13ClF2N2O2/c17-11-5-3-7-13(19)14(11)16(23)21-9-8-20-15(22)10-4-1-2-6-12(10)18/h1-7H,8-9H2,(H,20,22)(H,21,23). The smallest absolute Gasteiger partial charge is 0.255 e. The first-order chi connectivity index (χ1) is 11.0. The van der Waals surface area contributed by atoms with Gasteiger partial charge in [-0.25, -0.2) is 8.78 Å². The molecule has 0 aromatic heterocycles. The molecule has 0 saturated carbocycles. The van der Waals surface area contributed by atoms with Crippen LogP contribution in [0.25, 0.3) is 0 Å². The van der Waals surface area contributed by atoms with Gasteiger partial charge in [-0.3, -0.25) is 9.59 Å². The quantitative estimate of drug-likeness (QED) is 0.824. The van der Waals surface area contributed by atoms with Crippen LogP contribution in [-0.4, -0.2) is 24.9 Å². The maximum atomic E-state index is 13.5. The first-order valence-electron chi connectivity index (χ1n) is 6.75. The first-order valence-corrected chi connectivity index (χ1v) is 7.13. The predicted octanol–water partition coefficient (Wildman–Crippen LogP) is 2.78. The Hall–Kier alpha value is -2.47. The summed E-state index contributed by atoms with van der Waals surface area (Å²) in [7, 11) is 0. The summed E-state index contributed by atoms with van der Waals surface area (Å²) in [5, 5.41) is 4.88. The average Bonchev–Trinajstić information content (AvgIpc) is 2.51. The number of amides is 2. The van der Waals surface area contributed by atoms with Crippen LogP contribution in [0.2, 0.25) is 5.02 Å². The number of rotatable bonds is 5. The molecule has 0 radical (unpaired) electrons. The van der Waals surface area contributed by atoms with Crippen LogP contribution in [0.5, 0.6) is 0 Å². The van der Waals surface area contributed by atoms with Gasteiger partial charge in [0.25, 0.3) is 11.8 Å². The normalized spacial score (nSPS) is 10.2. The highest BCUT2D eigenvalue weighted by Gasteiger charge is 2.15. The summed E-state index contributed by atoms with van der Waals surface area (Å²) in [6.07, 6.45) is 0. The number of carbonyl (C=O) groups excluding carboxylic acids is 2. The molecular weight excluding hydrogens is 326 g/mol. The van der Waals surface area contributed by atoms with Crippen LogP contribution in [0.3, 0.4) is 0 Å². The maximum Gasteiger partial charge on any atom is 0.255 e. The van der Waals surface area contributed by atoms with Crippen LogP contribution >= 0.6 is 11.6 Å². The van der Waals surface area contributed by atoms with Gasteiger partial charge in [-0.05, 0) is 24.3 Å². The minimum Gasteiger partial charge on any atom is -0.350 e. The van der Waals surface area contributed by atoms with E-state index in [4.69, 9.17) is 11.6 Å². The van der Waals surface area contributed by atoms with Crippen molar-refractivity contribution in [3.63, 3.8) is 0 Å². The van der Waals surface area contributed by atoms with Crippen molar-refractivity contribution < 1.29 is 18.4 Å². The summed E-state index contributed by atoms with van der Waals surface area (Å²) >= 11 is 5.77. The summed E-state index contributed by atoms with van der Waals surface area (Å²) in [6.45, 7) is 0.106. The van der Waals surface area contributed by atoms with Crippen molar-refractivity contribution in [3.8, 4) is 0 Å². The van der Waals surface area contributed by atoms with Gasteiger partial charge in [0, 0.05) is 13.1 Å². The second kappa shape index (κ2) is 7.69. The molecule has 0 atom stereocenters. The van der Waals surface area contributed by atoms with E-state index in [0.29, 0.717) is 0 Å². The average molecular weight is 339 g/mol. The molecule has 4 nitrogen and oxygen atoms in total. The Kier molecular flexibility index (Phi) is 5.65. The van der Waals surface area contributed by atoms with E-state index in [1.807, 2.05) is 0 Å². The molecule has 0 aliphatic rings. The molecule has 2 N–H and O–H groups in total. The van der Waals surface area contributed by atoms with Gasteiger partial charge in [0.05, 0.1) is 16.1 Å². The van der Waals surface area contributed by atoms with Crippen molar-refractivity contribution in [2.24, 2.45) is 0 Å². The van der Waals surface area contributed by atoms with Crippen molar-refractivity contribution in [2.75, 3.05) is 13.1 Å². The van der Waals surface area contributed by atoms with Crippen LogP contribution in [0, 0.1) is 11.6 Å². The van der Waals surface area contributed by atoms with Crippen molar-refractivity contribution in [3.05, 3.63) is 70.2 Å². The summed E-state index contributed by atoms with van der Waals surface area (Å²) in [6, 6.07) is 9.47. The summed E-state index contributed by atoms with van der Waals surface area (Å²) in [5.41, 5.74) is -0.342. The summed E-state index contributed by atoms with van der Waals surface area (Å²) in [4.78, 5) is 23.6. The van der Waals surface area contributed by atoms with Crippen LogP contribution in [-0.2, 0) is 0 Å². The largest absolute Gasteiger partial charge is 0.350 e. The second-order valence-electron chi connectivity index (χ2n) is 4.59. The maximum absolute atomic E-state index is 13.5. The van der Waals surface area contributed by atoms with Crippen LogP contribution in [0.1, 0.15) is 20.7 Å². The lowest BCUT2D eigenvalue weighted by Gasteiger charge is -2.09. The van der Waals surface area contributed by atoms with Crippen LogP contribution in [0.15, 0.2) is 42.5 Å². The lowest BCUT2D eigenvalue weighted by atomic mass is 10.2. The minimum atomic E-state index is -0.731. The summed E-state index contributed by atoms with van der Waals surface area (Å²) < 4.78 is 26.9. The molecule has 0 bridgehead atoms. The predicted molar refractivity (Wildman–Crippen MR) is 82.5 cm³/mol. The number of hydrogen-bond donors (Lipinski definition) is 2. The van der Waals surface area contributed by atoms with Gasteiger partial charge in [0.1, 0.15) is 11.6 Å². The van der Waals surface area contributed by atoms with E-state index in [-0.39, 0.29) is 29.2 Å². The van der Waals surface area contributed by atoms with Gasteiger partial charge in [-0.1, -0.05) is 29.8 Å². The number of benzene rings is 2. The molecule has 0 fully saturated rings. The molecule has 120 valence electrons. The molecule has 0 heterocycles. The lowest BCUT2D eigenvalue weighted by molar-refractivity contribution is 0.0923. The molecule has 2 aromatic carbocycles. The van der Waals surface area contributed by atoms with Gasteiger partial charge in [0.15, 0.2) is 0 Å². The fraction of sp³-hybridized carbons (Fsp3) is 0.125. The van der Waals surface area contributed by atoms with E-state index in [9.17, 15) is 18.4 Å². The van der Waals surface area contributed by atoms with E-state index in [2.05, 4.69) is 10.6 Å². The van der Waals surface area contributed by atoms with E-state index >= 15 is 0 Å². The highest BCUT2D eigenvalue weighted by molar-refractivity contribution is 6.33. The van der Waals surface area contributed by atoms with Crippen LogP contribution < -0.4 is 10.6 Å². The highest BCUT2D eigenvalue weighted by atomic mass is 35.5. The fourth-order valence-electron chi connectivity index (χ4n) is 1.90. The first kappa shape index (κ1) is 16.9. The summed E-state index contributed by atoms with van der Waals surface area (Å²) in [5.74, 6) is -2.65. The number of carbonyl (C=O) groups is 2. The zero-order valence-corrected chi connectivity index (χ0v) is 12.7. The third-order valence-corrected chi connectivity index (χ3v) is 3.32. The Balaban J connectivity index is 1.85. The van der Waals surface area contributed by atoms with Gasteiger partial charge >= 0.3 is 0 Å². The molecule has 0 unspecified atom stereocenters. The molecule has 0 saturated heterocycles. The van der Waals surface area contributed by atoms with E-state index in [1.165, 1.54) is 30.3 Å². The van der Waals surface area contributed by atoms with Gasteiger partial charge in [-0.2, -0.15) is 0 Å². The molecule has 23 heavy (non-hydrogen) atoms. The molecule has 0 aliphatic heterocycles. The van der Waals surface area contributed by atoms with Crippen LogP contribution in [0.4, 0.5) is 8.78 Å². The van der Waals surface area contributed by atoms with Gasteiger partial charge in [-0.15, -0.1) is 0 Å². The number of nitrogens with one attached hydrogen (secondary N) is 2. The Morgan fingerprint density at radius 3 is 2.13 bits per heavy atom. The SMILES string of the molecule is O=C(NCCNC(=O)c1c(F)cccc1Cl)c1ccccc1F. The van der Waals surface area contributed by atoms with Gasteiger partial charge in [0.2, 0.25) is 0 Å². The number of halogens is 3. The number of hydrogen-bond acceptors (Lipinski definition) is 2. The Labute approximate surface area is 136 Å². The zero-order chi connectivity index (χ0) is 16.8. The van der Waals surface area contributed by atoms with E-state index < -0.39 is 23.4 Å². The van der Waals surface area contributed by atoms with Gasteiger partial charge < -0.3 is 10.6 Å². The molecule has 2 rings (SSSR count). The minimum absolute atomic E-state index is 0.00195. The van der Waals surface area contributed by atoms with Crippen molar-refractivity contribution >= 4 is 23.4 Å². The Morgan fingerprint density at radius 1 is 0.870 bits per heavy atom. The van der Waals surface area contributed by atoms with Crippen molar-refractivity contribution in [1.29, 1.82) is 0 Å². The topological polar surface area (TPSA) is 58.2 Å². The molecular formula is C16H13ClF2N2O2. The molecule has 0 spiro atoms. The molecule has 0 aliphatic carbocycles. The van der Waals surface area contributed by atoms with Crippen molar-refractivity contribution in [2.45, 2.75) is 0 Å². The monoisotopic (exact) mass is 338 g/mol.